The summed E-state index contributed by atoms with van der Waals surface area (Å²) in [6, 6.07) is 0. The van der Waals surface area contributed by atoms with Crippen LogP contribution in [-0.2, 0) is 0 Å². The molecular formula is C13H23N5O. The molecule has 0 aliphatic rings. The Hall–Kier alpha value is -1.69. The molecule has 0 saturated heterocycles. The minimum atomic E-state index is -0.243. The van der Waals surface area contributed by atoms with Gasteiger partial charge in [0.05, 0.1) is 11.9 Å². The van der Waals surface area contributed by atoms with Crippen LogP contribution in [0.1, 0.15) is 56.8 Å². The highest BCUT2D eigenvalue weighted by atomic mass is 16.1. The number of carbonyl (C=O) groups excluding carboxylic acids is 1. The van der Waals surface area contributed by atoms with Crippen molar-refractivity contribution in [2.24, 2.45) is 11.3 Å². The van der Waals surface area contributed by atoms with Crippen molar-refractivity contribution in [2.75, 3.05) is 12.0 Å². The molecule has 6 heteroatoms. The molecule has 0 aliphatic carbocycles. The van der Waals surface area contributed by atoms with E-state index in [-0.39, 0.29) is 22.9 Å². The van der Waals surface area contributed by atoms with Gasteiger partial charge >= 0.3 is 0 Å². The first-order valence-electron chi connectivity index (χ1n) is 6.36. The minimum absolute atomic E-state index is 0.0138. The Bertz CT molecular complexity index is 451. The molecule has 1 amide bonds. The zero-order valence-electron chi connectivity index (χ0n) is 12.2. The Morgan fingerprint density at radius 2 is 2.05 bits per heavy atom. The van der Waals surface area contributed by atoms with Crippen molar-refractivity contribution in [1.82, 2.24) is 15.3 Å². The molecule has 1 aromatic rings. The van der Waals surface area contributed by atoms with Crippen molar-refractivity contribution in [3.8, 4) is 0 Å². The number of hydrogen-bond acceptors (Lipinski definition) is 5. The fourth-order valence-electron chi connectivity index (χ4n) is 1.38. The summed E-state index contributed by atoms with van der Waals surface area (Å²) in [6.45, 7) is 10.7. The fourth-order valence-corrected chi connectivity index (χ4v) is 1.38. The van der Waals surface area contributed by atoms with E-state index in [4.69, 9.17) is 5.84 Å². The topological polar surface area (TPSA) is 92.9 Å². The predicted molar refractivity (Wildman–Crippen MR) is 75.7 cm³/mol. The van der Waals surface area contributed by atoms with Crippen molar-refractivity contribution in [3.63, 3.8) is 0 Å². The highest BCUT2D eigenvalue weighted by Crippen LogP contribution is 2.16. The molecule has 1 rings (SSSR count). The summed E-state index contributed by atoms with van der Waals surface area (Å²) >= 11 is 0. The van der Waals surface area contributed by atoms with Crippen LogP contribution in [0.3, 0.4) is 0 Å². The molecule has 0 saturated carbocycles. The van der Waals surface area contributed by atoms with Crippen LogP contribution in [0.15, 0.2) is 6.20 Å². The molecule has 0 fully saturated rings. The van der Waals surface area contributed by atoms with E-state index < -0.39 is 0 Å². The van der Waals surface area contributed by atoms with Crippen LogP contribution in [0.5, 0.6) is 0 Å². The second-order valence-corrected chi connectivity index (χ2v) is 6.03. The molecule has 0 radical (unpaired) electrons. The molecular weight excluding hydrogens is 242 g/mol. The Balaban J connectivity index is 2.96. The van der Waals surface area contributed by atoms with Gasteiger partial charge < -0.3 is 10.7 Å². The average molecular weight is 265 g/mol. The van der Waals surface area contributed by atoms with Crippen LogP contribution >= 0.6 is 0 Å². The maximum atomic E-state index is 12.1. The van der Waals surface area contributed by atoms with Gasteiger partial charge in [-0.15, -0.1) is 0 Å². The van der Waals surface area contributed by atoms with Crippen molar-refractivity contribution in [3.05, 3.63) is 17.7 Å². The molecule has 0 bridgehead atoms. The van der Waals surface area contributed by atoms with Crippen molar-refractivity contribution >= 4 is 11.6 Å². The molecule has 0 aliphatic heterocycles. The van der Waals surface area contributed by atoms with Crippen molar-refractivity contribution < 1.29 is 4.79 Å². The summed E-state index contributed by atoms with van der Waals surface area (Å²) < 4.78 is 0. The van der Waals surface area contributed by atoms with Crippen LogP contribution in [0.25, 0.3) is 0 Å². The maximum absolute atomic E-state index is 12.1. The molecule has 0 spiro atoms. The van der Waals surface area contributed by atoms with E-state index in [0.717, 1.165) is 0 Å². The number of nitrogens with one attached hydrogen (secondary N) is 2. The van der Waals surface area contributed by atoms with E-state index in [0.29, 0.717) is 18.1 Å². The minimum Gasteiger partial charge on any atom is -0.350 e. The molecule has 6 nitrogen and oxygen atoms in total. The molecule has 0 atom stereocenters. The van der Waals surface area contributed by atoms with Crippen molar-refractivity contribution in [1.29, 1.82) is 0 Å². The number of hydrogen-bond donors (Lipinski definition) is 3. The SMILES string of the molecule is CC(C)c1ncc(NN)c(C(=O)NCC(C)(C)C)n1. The monoisotopic (exact) mass is 265 g/mol. The molecule has 4 N–H and O–H groups in total. The first kappa shape index (κ1) is 15.4. The Labute approximate surface area is 114 Å². The number of nitrogen functional groups attached to an aromatic ring is 1. The molecule has 0 unspecified atom stereocenters. The highest BCUT2D eigenvalue weighted by molar-refractivity contribution is 5.97. The average Bonchev–Trinajstić information content (AvgIpc) is 2.34. The number of nitrogens with two attached hydrogens (primary N) is 1. The quantitative estimate of drug-likeness (QED) is 0.568. The van der Waals surface area contributed by atoms with Gasteiger partial charge in [-0.1, -0.05) is 34.6 Å². The molecule has 106 valence electrons. The lowest BCUT2D eigenvalue weighted by Gasteiger charge is -2.19. The molecule has 19 heavy (non-hydrogen) atoms. The zero-order chi connectivity index (χ0) is 14.6. The van der Waals surface area contributed by atoms with Crippen LogP contribution < -0.4 is 16.6 Å². The summed E-state index contributed by atoms with van der Waals surface area (Å²) in [5.41, 5.74) is 3.18. The third-order valence-corrected chi connectivity index (χ3v) is 2.47. The molecule has 1 aromatic heterocycles. The summed E-state index contributed by atoms with van der Waals surface area (Å²) in [7, 11) is 0. The second-order valence-electron chi connectivity index (χ2n) is 6.03. The van der Waals surface area contributed by atoms with E-state index in [1.165, 1.54) is 6.20 Å². The number of nitrogens with zero attached hydrogens (tertiary/aromatic N) is 2. The van der Waals surface area contributed by atoms with Crippen molar-refractivity contribution in [2.45, 2.75) is 40.5 Å². The first-order chi connectivity index (χ1) is 8.74. The summed E-state index contributed by atoms with van der Waals surface area (Å²) in [5, 5.41) is 2.85. The number of rotatable bonds is 4. The van der Waals surface area contributed by atoms with E-state index in [2.05, 4.69) is 41.5 Å². The number of hydrazine groups is 1. The lowest BCUT2D eigenvalue weighted by molar-refractivity contribution is 0.0934. The van der Waals surface area contributed by atoms with E-state index >= 15 is 0 Å². The Kier molecular flexibility index (Phi) is 4.83. The van der Waals surface area contributed by atoms with Gasteiger partial charge in [-0.05, 0) is 5.41 Å². The lowest BCUT2D eigenvalue weighted by Crippen LogP contribution is -2.33. The van der Waals surface area contributed by atoms with Gasteiger partial charge in [-0.25, -0.2) is 9.97 Å². The van der Waals surface area contributed by atoms with Gasteiger partial charge in [0.25, 0.3) is 5.91 Å². The third-order valence-electron chi connectivity index (χ3n) is 2.47. The standard InChI is InChI=1S/C13H23N5O/c1-8(2)11-15-6-9(18-14)10(17-11)12(19)16-7-13(3,4)5/h6,8,18H,7,14H2,1-5H3,(H,16,19). The highest BCUT2D eigenvalue weighted by Gasteiger charge is 2.18. The number of anilines is 1. The van der Waals surface area contributed by atoms with Crippen LogP contribution in [0.2, 0.25) is 0 Å². The largest absolute Gasteiger partial charge is 0.350 e. The molecule has 0 aromatic carbocycles. The predicted octanol–water partition coefficient (Wildman–Crippen LogP) is 1.66. The maximum Gasteiger partial charge on any atom is 0.272 e. The smallest absolute Gasteiger partial charge is 0.272 e. The van der Waals surface area contributed by atoms with E-state index in [9.17, 15) is 4.79 Å². The summed E-state index contributed by atoms with van der Waals surface area (Å²) in [6.07, 6.45) is 1.54. The van der Waals surface area contributed by atoms with Gasteiger partial charge in [0.2, 0.25) is 0 Å². The fraction of sp³-hybridized carbons (Fsp3) is 0.615. The third kappa shape index (κ3) is 4.48. The van der Waals surface area contributed by atoms with Crippen LogP contribution in [0.4, 0.5) is 5.69 Å². The number of carbonyl (C=O) groups is 1. The molecule has 1 heterocycles. The Morgan fingerprint density at radius 1 is 1.42 bits per heavy atom. The zero-order valence-corrected chi connectivity index (χ0v) is 12.2. The van der Waals surface area contributed by atoms with E-state index in [1.54, 1.807) is 0 Å². The summed E-state index contributed by atoms with van der Waals surface area (Å²) in [5.74, 6) is 5.92. The normalized spacial score (nSPS) is 11.5. The van der Waals surface area contributed by atoms with Gasteiger partial charge in [0.15, 0.2) is 5.69 Å². The second kappa shape index (κ2) is 5.97. The number of amides is 1. The van der Waals surface area contributed by atoms with Gasteiger partial charge in [-0.2, -0.15) is 0 Å². The van der Waals surface area contributed by atoms with Gasteiger partial charge in [0.1, 0.15) is 5.82 Å². The van der Waals surface area contributed by atoms with Crippen LogP contribution in [0, 0.1) is 5.41 Å². The van der Waals surface area contributed by atoms with E-state index in [1.807, 2.05) is 13.8 Å². The summed E-state index contributed by atoms with van der Waals surface area (Å²) in [4.78, 5) is 20.6. The first-order valence-corrected chi connectivity index (χ1v) is 6.36. The Morgan fingerprint density at radius 3 is 2.53 bits per heavy atom. The van der Waals surface area contributed by atoms with Gasteiger partial charge in [0, 0.05) is 12.5 Å². The lowest BCUT2D eigenvalue weighted by atomic mass is 9.97. The van der Waals surface area contributed by atoms with Gasteiger partial charge in [-0.3, -0.25) is 10.6 Å². The number of aromatic nitrogens is 2. The van der Waals surface area contributed by atoms with Crippen LogP contribution in [-0.4, -0.2) is 22.4 Å².